The maximum Gasteiger partial charge on any atom is 0.338 e. The first-order valence-corrected chi connectivity index (χ1v) is 12.9. The van der Waals surface area contributed by atoms with Crippen molar-refractivity contribution in [3.63, 3.8) is 0 Å². The molecule has 1 fully saturated rings. The Hall–Kier alpha value is -3.36. The van der Waals surface area contributed by atoms with Gasteiger partial charge in [0.1, 0.15) is 0 Å². The van der Waals surface area contributed by atoms with Gasteiger partial charge in [-0.05, 0) is 56.2 Å². The molecule has 0 spiro atoms. The van der Waals surface area contributed by atoms with Crippen molar-refractivity contribution in [1.29, 1.82) is 0 Å². The van der Waals surface area contributed by atoms with E-state index in [0.29, 0.717) is 48.0 Å². The van der Waals surface area contributed by atoms with Crippen LogP contribution in [0.3, 0.4) is 0 Å². The Labute approximate surface area is 222 Å². The number of nitrogens with one attached hydrogen (secondary N) is 1. The molecular weight excluding hydrogens is 492 g/mol. The summed E-state index contributed by atoms with van der Waals surface area (Å²) in [6.45, 7) is 8.09. The summed E-state index contributed by atoms with van der Waals surface area (Å²) in [7, 11) is 1.67. The van der Waals surface area contributed by atoms with Crippen molar-refractivity contribution >= 4 is 29.5 Å². The quantitative estimate of drug-likeness (QED) is 0.577. The number of piperazine rings is 1. The van der Waals surface area contributed by atoms with Crippen LogP contribution in [0.25, 0.3) is 0 Å². The Morgan fingerprint density at radius 2 is 1.81 bits per heavy atom. The Kier molecular flexibility index (Phi) is 8.19. The summed E-state index contributed by atoms with van der Waals surface area (Å²) >= 11 is 5.98. The average molecular weight is 525 g/mol. The second-order valence-corrected chi connectivity index (χ2v) is 9.90. The number of likely N-dealkylation sites (N-methyl/N-ethyl adjacent to an activating group) is 1. The molecule has 2 aromatic rings. The van der Waals surface area contributed by atoms with Crippen molar-refractivity contribution in [1.82, 2.24) is 20.0 Å². The van der Waals surface area contributed by atoms with Crippen LogP contribution in [0.1, 0.15) is 41.4 Å². The zero-order chi connectivity index (χ0) is 26.7. The molecule has 0 aliphatic carbocycles. The van der Waals surface area contributed by atoms with Crippen molar-refractivity contribution < 1.29 is 19.1 Å². The number of hydrogen-bond donors (Lipinski definition) is 1. The molecule has 1 saturated heterocycles. The summed E-state index contributed by atoms with van der Waals surface area (Å²) in [5.74, 6) is -0.480. The van der Waals surface area contributed by atoms with E-state index in [9.17, 15) is 14.4 Å². The molecule has 2 heterocycles. The first-order chi connectivity index (χ1) is 17.7. The van der Waals surface area contributed by atoms with Gasteiger partial charge in [-0.1, -0.05) is 35.9 Å². The molecule has 3 amide bonds. The number of nitrogens with zero attached hydrogens (tertiary/aromatic N) is 3. The number of benzene rings is 2. The molecule has 1 N–H and O–H groups in total. The molecule has 4 rings (SSSR count). The van der Waals surface area contributed by atoms with Gasteiger partial charge >= 0.3 is 12.0 Å². The van der Waals surface area contributed by atoms with Crippen LogP contribution in [-0.2, 0) is 9.53 Å². The summed E-state index contributed by atoms with van der Waals surface area (Å²) in [5, 5.41) is 3.57. The van der Waals surface area contributed by atoms with E-state index >= 15 is 0 Å². The first-order valence-electron chi connectivity index (χ1n) is 12.5. The van der Waals surface area contributed by atoms with E-state index in [1.807, 2.05) is 43.0 Å². The predicted molar refractivity (Wildman–Crippen MR) is 142 cm³/mol. The zero-order valence-electron chi connectivity index (χ0n) is 21.7. The summed E-state index contributed by atoms with van der Waals surface area (Å²) in [5.41, 5.74) is 3.48. The summed E-state index contributed by atoms with van der Waals surface area (Å²) in [6, 6.07) is 13.7. The highest BCUT2D eigenvalue weighted by atomic mass is 35.5. The smallest absolute Gasteiger partial charge is 0.338 e. The Bertz CT molecular complexity index is 1210. The Morgan fingerprint density at radius 1 is 1.11 bits per heavy atom. The number of amides is 3. The van der Waals surface area contributed by atoms with Crippen LogP contribution in [0.15, 0.2) is 59.8 Å². The van der Waals surface area contributed by atoms with E-state index in [2.05, 4.69) is 10.2 Å². The van der Waals surface area contributed by atoms with E-state index in [1.54, 1.807) is 38.2 Å². The third kappa shape index (κ3) is 5.65. The number of carbonyl (C=O) groups excluding carboxylic acids is 3. The third-order valence-corrected chi connectivity index (χ3v) is 7.26. The standard InChI is InChI=1S/C28H33ClN4O4/c1-5-37-27(35)24-23(31(4)28(36)30-25(24)22-9-7-6-8-18(22)2)17-32-14-15-33(19(3)16-32)26(34)20-10-12-21(29)13-11-20/h6-13,19,25H,5,14-17H2,1-4H3,(H,30,36)/t19-,25-/m0/s1. The maximum atomic E-state index is 13.2. The van der Waals surface area contributed by atoms with E-state index in [-0.39, 0.29) is 24.6 Å². The number of halogens is 1. The minimum absolute atomic E-state index is 0.0379. The van der Waals surface area contributed by atoms with Crippen molar-refractivity contribution in [3.8, 4) is 0 Å². The van der Waals surface area contributed by atoms with Gasteiger partial charge in [0.25, 0.3) is 5.91 Å². The summed E-state index contributed by atoms with van der Waals surface area (Å²) in [4.78, 5) is 44.9. The van der Waals surface area contributed by atoms with Gasteiger partial charge in [0, 0.05) is 55.6 Å². The fourth-order valence-corrected chi connectivity index (χ4v) is 5.12. The number of esters is 1. The normalized spacial score (nSPS) is 20.6. The van der Waals surface area contributed by atoms with Gasteiger partial charge in [-0.25, -0.2) is 9.59 Å². The molecule has 8 nitrogen and oxygen atoms in total. The molecule has 0 bridgehead atoms. The minimum atomic E-state index is -0.607. The number of carbonyl (C=O) groups is 3. The van der Waals surface area contributed by atoms with Gasteiger partial charge in [0.2, 0.25) is 0 Å². The van der Waals surface area contributed by atoms with Gasteiger partial charge < -0.3 is 15.0 Å². The van der Waals surface area contributed by atoms with Crippen molar-refractivity contribution in [2.75, 3.05) is 39.8 Å². The summed E-state index contributed by atoms with van der Waals surface area (Å²) < 4.78 is 5.45. The summed E-state index contributed by atoms with van der Waals surface area (Å²) in [6.07, 6.45) is 0. The number of ether oxygens (including phenoxy) is 1. The average Bonchev–Trinajstić information content (AvgIpc) is 2.87. The van der Waals surface area contributed by atoms with Crippen LogP contribution in [0.4, 0.5) is 4.79 Å². The monoisotopic (exact) mass is 524 g/mol. The topological polar surface area (TPSA) is 82.2 Å². The van der Waals surface area contributed by atoms with Crippen molar-refractivity contribution in [2.24, 2.45) is 0 Å². The molecule has 9 heteroatoms. The first kappa shape index (κ1) is 26.7. The lowest BCUT2D eigenvalue weighted by atomic mass is 9.91. The largest absolute Gasteiger partial charge is 0.463 e. The minimum Gasteiger partial charge on any atom is -0.463 e. The molecule has 2 aliphatic rings. The fourth-order valence-electron chi connectivity index (χ4n) is 4.99. The van der Waals surface area contributed by atoms with E-state index < -0.39 is 12.0 Å². The van der Waals surface area contributed by atoms with Gasteiger partial charge in [-0.2, -0.15) is 0 Å². The van der Waals surface area contributed by atoms with Crippen LogP contribution in [0, 0.1) is 6.92 Å². The van der Waals surface area contributed by atoms with Crippen molar-refractivity contribution in [2.45, 2.75) is 32.9 Å². The molecule has 2 atom stereocenters. The van der Waals surface area contributed by atoms with Crippen LogP contribution < -0.4 is 5.32 Å². The molecule has 37 heavy (non-hydrogen) atoms. The van der Waals surface area contributed by atoms with E-state index in [4.69, 9.17) is 16.3 Å². The third-order valence-electron chi connectivity index (χ3n) is 7.01. The zero-order valence-corrected chi connectivity index (χ0v) is 22.4. The van der Waals surface area contributed by atoms with Crippen LogP contribution in [0.2, 0.25) is 5.02 Å². The molecule has 0 aromatic heterocycles. The van der Waals surface area contributed by atoms with E-state index in [1.165, 1.54) is 4.90 Å². The molecule has 2 aromatic carbocycles. The van der Waals surface area contributed by atoms with Crippen LogP contribution in [0.5, 0.6) is 0 Å². The predicted octanol–water partition coefficient (Wildman–Crippen LogP) is 4.01. The van der Waals surface area contributed by atoms with Gasteiger partial charge in [0.15, 0.2) is 0 Å². The molecule has 196 valence electrons. The number of rotatable bonds is 6. The van der Waals surface area contributed by atoms with Gasteiger partial charge in [0.05, 0.1) is 18.2 Å². The lowest BCUT2D eigenvalue weighted by molar-refractivity contribution is -0.139. The lowest BCUT2D eigenvalue weighted by Crippen LogP contribution is -2.56. The lowest BCUT2D eigenvalue weighted by Gasteiger charge is -2.42. The number of urea groups is 1. The van der Waals surface area contributed by atoms with E-state index in [0.717, 1.165) is 11.1 Å². The molecule has 2 aliphatic heterocycles. The highest BCUT2D eigenvalue weighted by Gasteiger charge is 2.38. The SMILES string of the molecule is CCOC(=O)C1=C(CN2CCN(C(=O)c3ccc(Cl)cc3)[C@@H](C)C2)N(C)C(=O)N[C@H]1c1ccccc1C. The van der Waals surface area contributed by atoms with Crippen LogP contribution in [-0.4, -0.2) is 78.5 Å². The number of aryl methyl sites for hydroxylation is 1. The molecule has 0 radical (unpaired) electrons. The molecule has 0 unspecified atom stereocenters. The second-order valence-electron chi connectivity index (χ2n) is 9.47. The number of hydrogen-bond acceptors (Lipinski definition) is 5. The molecule has 0 saturated carbocycles. The highest BCUT2D eigenvalue weighted by molar-refractivity contribution is 6.30. The van der Waals surface area contributed by atoms with Gasteiger partial charge in [-0.15, -0.1) is 0 Å². The van der Waals surface area contributed by atoms with Crippen molar-refractivity contribution in [3.05, 3.63) is 81.5 Å². The Balaban J connectivity index is 1.60. The second kappa shape index (κ2) is 11.4. The highest BCUT2D eigenvalue weighted by Crippen LogP contribution is 2.33. The fraction of sp³-hybridized carbons (Fsp3) is 0.393. The maximum absolute atomic E-state index is 13.2. The van der Waals surface area contributed by atoms with Crippen LogP contribution >= 0.6 is 11.6 Å². The Morgan fingerprint density at radius 3 is 2.46 bits per heavy atom. The van der Waals surface area contributed by atoms with Gasteiger partial charge in [-0.3, -0.25) is 14.6 Å². The molecular formula is C28H33ClN4O4.